The minimum atomic E-state index is 0.843. The topological polar surface area (TPSA) is 38.9 Å². The van der Waals surface area contributed by atoms with E-state index >= 15 is 0 Å². The van der Waals surface area contributed by atoms with E-state index in [1.165, 1.54) is 37.7 Å². The summed E-state index contributed by atoms with van der Waals surface area (Å²) in [5.74, 6) is 0. The van der Waals surface area contributed by atoms with Crippen molar-refractivity contribution in [2.24, 2.45) is 0 Å². The second kappa shape index (κ2) is 9.22. The molecular formula is C42H24N2O. The maximum absolute atomic E-state index is 6.32. The molecule has 2 heterocycles. The third kappa shape index (κ3) is 3.52. The molecule has 0 saturated carbocycles. The summed E-state index contributed by atoms with van der Waals surface area (Å²) in [6, 6.07) is 51.3. The monoisotopic (exact) mass is 572 g/mol. The van der Waals surface area contributed by atoms with E-state index in [4.69, 9.17) is 14.4 Å². The van der Waals surface area contributed by atoms with Crippen molar-refractivity contribution in [2.45, 2.75) is 0 Å². The van der Waals surface area contributed by atoms with Crippen molar-refractivity contribution >= 4 is 76.1 Å². The summed E-state index contributed by atoms with van der Waals surface area (Å²) in [7, 11) is 0. The Hall–Kier alpha value is -6.06. The summed E-state index contributed by atoms with van der Waals surface area (Å²) >= 11 is 0. The molecule has 0 N–H and O–H groups in total. The molecule has 0 fully saturated rings. The highest BCUT2D eigenvalue weighted by molar-refractivity contribution is 6.27. The van der Waals surface area contributed by atoms with Crippen LogP contribution in [-0.4, -0.2) is 9.97 Å². The summed E-state index contributed by atoms with van der Waals surface area (Å²) in [4.78, 5) is 10.8. The van der Waals surface area contributed by atoms with Crippen molar-refractivity contribution in [3.63, 3.8) is 0 Å². The smallest absolute Gasteiger partial charge is 0.136 e. The molecule has 0 radical (unpaired) electrons. The molecule has 2 aromatic heterocycles. The first-order valence-electron chi connectivity index (χ1n) is 15.3. The van der Waals surface area contributed by atoms with E-state index < -0.39 is 0 Å². The van der Waals surface area contributed by atoms with Crippen molar-refractivity contribution in [1.82, 2.24) is 9.97 Å². The van der Waals surface area contributed by atoms with Gasteiger partial charge in [0.1, 0.15) is 11.2 Å². The Bertz CT molecular complexity index is 2830. The predicted octanol–water partition coefficient (Wildman–Crippen LogP) is 11.5. The molecule has 0 atom stereocenters. The highest BCUT2D eigenvalue weighted by Crippen LogP contribution is 2.44. The summed E-state index contributed by atoms with van der Waals surface area (Å²) < 4.78 is 6.32. The second-order valence-electron chi connectivity index (χ2n) is 11.7. The van der Waals surface area contributed by atoms with Gasteiger partial charge in [0.25, 0.3) is 0 Å². The number of aromatic nitrogens is 2. The Balaban J connectivity index is 1.40. The number of para-hydroxylation sites is 3. The van der Waals surface area contributed by atoms with E-state index in [-0.39, 0.29) is 0 Å². The van der Waals surface area contributed by atoms with Crippen molar-refractivity contribution in [1.29, 1.82) is 0 Å². The van der Waals surface area contributed by atoms with Gasteiger partial charge in [-0.25, -0.2) is 9.97 Å². The van der Waals surface area contributed by atoms with Crippen LogP contribution in [-0.2, 0) is 0 Å². The van der Waals surface area contributed by atoms with Gasteiger partial charge in [-0.3, -0.25) is 0 Å². The SMILES string of the molecule is c1ccc2c(c1)ccc1ccc3c4ccccc4c(-c4nc5ccccc5nc4-c4cccc5oc6ccccc6c45)cc3c12. The fourth-order valence-electron chi connectivity index (χ4n) is 7.23. The average molecular weight is 573 g/mol. The largest absolute Gasteiger partial charge is 0.456 e. The van der Waals surface area contributed by atoms with Gasteiger partial charge in [-0.05, 0) is 73.4 Å². The molecule has 45 heavy (non-hydrogen) atoms. The third-order valence-electron chi connectivity index (χ3n) is 9.23. The number of benzene rings is 8. The zero-order valence-corrected chi connectivity index (χ0v) is 24.2. The van der Waals surface area contributed by atoms with E-state index in [9.17, 15) is 0 Å². The molecule has 208 valence electrons. The van der Waals surface area contributed by atoms with Crippen LogP contribution in [0.3, 0.4) is 0 Å². The molecule has 0 aliphatic rings. The van der Waals surface area contributed by atoms with Crippen molar-refractivity contribution in [2.75, 3.05) is 0 Å². The Labute approximate surface area is 258 Å². The van der Waals surface area contributed by atoms with Gasteiger partial charge in [0.15, 0.2) is 0 Å². The average Bonchev–Trinajstić information content (AvgIpc) is 3.49. The summed E-state index contributed by atoms with van der Waals surface area (Å²) in [5.41, 5.74) is 7.23. The van der Waals surface area contributed by atoms with Gasteiger partial charge >= 0.3 is 0 Å². The Kier molecular flexibility index (Phi) is 5.00. The van der Waals surface area contributed by atoms with Crippen molar-refractivity contribution < 1.29 is 4.42 Å². The van der Waals surface area contributed by atoms with Crippen LogP contribution in [0.15, 0.2) is 150 Å². The molecule has 10 aromatic rings. The molecule has 0 aliphatic heterocycles. The molecule has 8 aromatic carbocycles. The fourth-order valence-corrected chi connectivity index (χ4v) is 7.23. The molecule has 0 bridgehead atoms. The van der Waals surface area contributed by atoms with E-state index in [0.717, 1.165) is 60.9 Å². The molecule has 3 heteroatoms. The minimum Gasteiger partial charge on any atom is -0.456 e. The van der Waals surface area contributed by atoms with Crippen LogP contribution in [0, 0.1) is 0 Å². The summed E-state index contributed by atoms with van der Waals surface area (Å²) in [6.07, 6.45) is 0. The minimum absolute atomic E-state index is 0.843. The first kappa shape index (κ1) is 24.4. The predicted molar refractivity (Wildman–Crippen MR) is 188 cm³/mol. The first-order chi connectivity index (χ1) is 22.3. The lowest BCUT2D eigenvalue weighted by Gasteiger charge is -2.16. The molecule has 0 saturated heterocycles. The highest BCUT2D eigenvalue weighted by atomic mass is 16.3. The lowest BCUT2D eigenvalue weighted by atomic mass is 9.89. The number of hydrogen-bond donors (Lipinski definition) is 0. The van der Waals surface area contributed by atoms with Gasteiger partial charge in [-0.1, -0.05) is 115 Å². The van der Waals surface area contributed by atoms with E-state index in [1.54, 1.807) is 0 Å². The van der Waals surface area contributed by atoms with Crippen LogP contribution >= 0.6 is 0 Å². The maximum atomic E-state index is 6.32. The van der Waals surface area contributed by atoms with Gasteiger partial charge in [-0.15, -0.1) is 0 Å². The van der Waals surface area contributed by atoms with Crippen LogP contribution < -0.4 is 0 Å². The lowest BCUT2D eigenvalue weighted by Crippen LogP contribution is -1.97. The summed E-state index contributed by atoms with van der Waals surface area (Å²) in [5, 5.41) is 11.9. The zero-order chi connectivity index (χ0) is 29.5. The standard InChI is InChI=1S/C42H24N2O/c1-2-11-27-25(10-1)20-21-26-22-23-30-28-12-3-4-13-29(28)34(24-33(30)39(26)27)42-41(43-35-16-6-7-17-36(35)44-42)32-15-9-19-38-40(32)31-14-5-8-18-37(31)45-38/h1-24H. The van der Waals surface area contributed by atoms with Gasteiger partial charge < -0.3 is 4.42 Å². The van der Waals surface area contributed by atoms with Gasteiger partial charge in [0.2, 0.25) is 0 Å². The number of fused-ring (bicyclic) bond motifs is 11. The van der Waals surface area contributed by atoms with Crippen LogP contribution in [0.2, 0.25) is 0 Å². The van der Waals surface area contributed by atoms with E-state index in [0.29, 0.717) is 0 Å². The fraction of sp³-hybridized carbons (Fsp3) is 0. The second-order valence-corrected chi connectivity index (χ2v) is 11.7. The van der Waals surface area contributed by atoms with Crippen LogP contribution in [0.25, 0.3) is 98.6 Å². The van der Waals surface area contributed by atoms with Crippen LogP contribution in [0.5, 0.6) is 0 Å². The Morgan fingerprint density at radius 2 is 0.956 bits per heavy atom. The van der Waals surface area contributed by atoms with Crippen LogP contribution in [0.1, 0.15) is 0 Å². The van der Waals surface area contributed by atoms with E-state index in [1.807, 2.05) is 36.4 Å². The van der Waals surface area contributed by atoms with Crippen molar-refractivity contribution in [3.05, 3.63) is 146 Å². The van der Waals surface area contributed by atoms with Gasteiger partial charge in [-0.2, -0.15) is 0 Å². The Morgan fingerprint density at radius 3 is 1.80 bits per heavy atom. The van der Waals surface area contributed by atoms with Crippen LogP contribution in [0.4, 0.5) is 0 Å². The Morgan fingerprint density at radius 1 is 0.356 bits per heavy atom. The molecular weight excluding hydrogens is 548 g/mol. The molecule has 0 unspecified atom stereocenters. The maximum Gasteiger partial charge on any atom is 0.136 e. The zero-order valence-electron chi connectivity index (χ0n) is 24.2. The van der Waals surface area contributed by atoms with Gasteiger partial charge in [0, 0.05) is 21.9 Å². The third-order valence-corrected chi connectivity index (χ3v) is 9.23. The number of rotatable bonds is 2. The lowest BCUT2D eigenvalue weighted by molar-refractivity contribution is 0.669. The van der Waals surface area contributed by atoms with Gasteiger partial charge in [0.05, 0.1) is 22.4 Å². The van der Waals surface area contributed by atoms with Crippen molar-refractivity contribution in [3.8, 4) is 22.5 Å². The highest BCUT2D eigenvalue weighted by Gasteiger charge is 2.21. The molecule has 0 spiro atoms. The molecule has 10 rings (SSSR count). The normalized spacial score (nSPS) is 12.0. The number of nitrogens with zero attached hydrogens (tertiary/aromatic N) is 2. The number of furan rings is 1. The van der Waals surface area contributed by atoms with E-state index in [2.05, 4.69) is 109 Å². The molecule has 0 amide bonds. The molecule has 3 nitrogen and oxygen atoms in total. The summed E-state index contributed by atoms with van der Waals surface area (Å²) in [6.45, 7) is 0. The quantitative estimate of drug-likeness (QED) is 0.193. The first-order valence-corrected chi connectivity index (χ1v) is 15.3. The molecule has 0 aliphatic carbocycles. The number of hydrogen-bond acceptors (Lipinski definition) is 3.